The van der Waals surface area contributed by atoms with Gasteiger partial charge in [0.05, 0.1) is 0 Å². The first-order valence-electron chi connectivity index (χ1n) is 4.00. The summed E-state index contributed by atoms with van der Waals surface area (Å²) in [7, 11) is 0. The molecule has 0 radical (unpaired) electrons. The molecule has 0 aliphatic carbocycles. The summed E-state index contributed by atoms with van der Waals surface area (Å²) in [5.74, 6) is 0. The minimum absolute atomic E-state index is 0.0828. The van der Waals surface area contributed by atoms with Gasteiger partial charge in [0.1, 0.15) is 12.1 Å². The van der Waals surface area contributed by atoms with E-state index in [1.165, 1.54) is 0 Å². The van der Waals surface area contributed by atoms with Crippen LogP contribution in [0.25, 0.3) is 0 Å². The minimum atomic E-state index is 0.0828. The molecule has 0 saturated carbocycles. The molecular weight excluding hydrogens is 138 g/mol. The highest BCUT2D eigenvalue weighted by molar-refractivity contribution is 4.63. The van der Waals surface area contributed by atoms with Crippen LogP contribution in [0.15, 0.2) is 12.4 Å². The van der Waals surface area contributed by atoms with Crippen molar-refractivity contribution in [3.8, 4) is 0 Å². The van der Waals surface area contributed by atoms with Crippen molar-refractivity contribution in [2.75, 3.05) is 0 Å². The number of aromatic nitrogens is 3. The van der Waals surface area contributed by atoms with Crippen molar-refractivity contribution in [3.05, 3.63) is 12.4 Å². The SMILES string of the molecule is CC[n+]1ccnn1C(C)(C)C. The summed E-state index contributed by atoms with van der Waals surface area (Å²) >= 11 is 0. The predicted molar refractivity (Wildman–Crippen MR) is 43.1 cm³/mol. The van der Waals surface area contributed by atoms with Gasteiger partial charge in [-0.15, -0.1) is 0 Å². The Hall–Kier alpha value is -0.860. The van der Waals surface area contributed by atoms with Crippen LogP contribution in [0.1, 0.15) is 27.7 Å². The van der Waals surface area contributed by atoms with Gasteiger partial charge in [-0.3, -0.25) is 0 Å². The smallest absolute Gasteiger partial charge is 0.160 e. The van der Waals surface area contributed by atoms with E-state index in [1.54, 1.807) is 0 Å². The van der Waals surface area contributed by atoms with Gasteiger partial charge in [0, 0.05) is 5.10 Å². The molecule has 0 aliphatic heterocycles. The van der Waals surface area contributed by atoms with E-state index in [-0.39, 0.29) is 5.54 Å². The maximum Gasteiger partial charge on any atom is 0.206 e. The van der Waals surface area contributed by atoms with Crippen molar-refractivity contribution in [1.82, 2.24) is 9.90 Å². The Morgan fingerprint density at radius 3 is 2.45 bits per heavy atom. The normalized spacial score (nSPS) is 12.0. The predicted octanol–water partition coefficient (Wildman–Crippen LogP) is 0.945. The lowest BCUT2D eigenvalue weighted by Crippen LogP contribution is -2.49. The molecule has 0 saturated heterocycles. The minimum Gasteiger partial charge on any atom is -0.160 e. The van der Waals surface area contributed by atoms with Crippen molar-refractivity contribution in [3.63, 3.8) is 0 Å². The maximum atomic E-state index is 4.24. The summed E-state index contributed by atoms with van der Waals surface area (Å²) < 4.78 is 2.10. The van der Waals surface area contributed by atoms with E-state index in [0.29, 0.717) is 0 Å². The summed E-state index contributed by atoms with van der Waals surface area (Å²) in [5.41, 5.74) is 0.0828. The van der Waals surface area contributed by atoms with Gasteiger partial charge in [-0.25, -0.2) is 0 Å². The standard InChI is InChI=1S/C8H16N3/c1-5-10-7-6-9-11(10)8(2,3)4/h6-7H,5H2,1-4H3/q+1. The Kier molecular flexibility index (Phi) is 1.98. The van der Waals surface area contributed by atoms with E-state index in [0.717, 1.165) is 6.54 Å². The lowest BCUT2D eigenvalue weighted by atomic mass is 10.1. The third-order valence-electron chi connectivity index (χ3n) is 1.58. The fourth-order valence-electron chi connectivity index (χ4n) is 1.10. The largest absolute Gasteiger partial charge is 0.206 e. The average molecular weight is 154 g/mol. The maximum absolute atomic E-state index is 4.24. The van der Waals surface area contributed by atoms with Crippen molar-refractivity contribution in [2.24, 2.45) is 0 Å². The zero-order valence-electron chi connectivity index (χ0n) is 7.70. The van der Waals surface area contributed by atoms with Gasteiger partial charge < -0.3 is 0 Å². The van der Waals surface area contributed by atoms with Crippen LogP contribution in [-0.4, -0.2) is 9.90 Å². The van der Waals surface area contributed by atoms with E-state index in [9.17, 15) is 0 Å². The fraction of sp³-hybridized carbons (Fsp3) is 0.750. The summed E-state index contributed by atoms with van der Waals surface area (Å²) in [6, 6.07) is 0. The zero-order valence-corrected chi connectivity index (χ0v) is 7.70. The van der Waals surface area contributed by atoms with Crippen LogP contribution < -0.4 is 4.68 Å². The number of aryl methyl sites for hydroxylation is 1. The van der Waals surface area contributed by atoms with Crippen LogP contribution in [-0.2, 0) is 12.1 Å². The van der Waals surface area contributed by atoms with Crippen molar-refractivity contribution in [2.45, 2.75) is 39.8 Å². The summed E-state index contributed by atoms with van der Waals surface area (Å²) in [6.07, 6.45) is 3.82. The van der Waals surface area contributed by atoms with Crippen LogP contribution in [0.5, 0.6) is 0 Å². The van der Waals surface area contributed by atoms with E-state index in [4.69, 9.17) is 0 Å². The molecule has 1 heterocycles. The second kappa shape index (κ2) is 2.64. The molecule has 0 fully saturated rings. The highest BCUT2D eigenvalue weighted by atomic mass is 15.6. The Labute approximate surface area is 67.6 Å². The third-order valence-corrected chi connectivity index (χ3v) is 1.58. The van der Waals surface area contributed by atoms with E-state index >= 15 is 0 Å². The van der Waals surface area contributed by atoms with Gasteiger partial charge in [-0.05, 0) is 32.5 Å². The topological polar surface area (TPSA) is 21.7 Å². The molecule has 3 heteroatoms. The second-order valence-electron chi connectivity index (χ2n) is 3.63. The van der Waals surface area contributed by atoms with Crippen LogP contribution in [0, 0.1) is 0 Å². The molecule has 0 N–H and O–H groups in total. The molecular formula is C8H16N3+. The highest BCUT2D eigenvalue weighted by Gasteiger charge is 2.22. The fourth-order valence-corrected chi connectivity index (χ4v) is 1.10. The highest BCUT2D eigenvalue weighted by Crippen LogP contribution is 2.07. The Bertz CT molecular complexity index is 232. The molecule has 1 aromatic heterocycles. The van der Waals surface area contributed by atoms with Crippen LogP contribution >= 0.6 is 0 Å². The summed E-state index contributed by atoms with van der Waals surface area (Å²) in [4.78, 5) is 1.99. The van der Waals surface area contributed by atoms with Crippen molar-refractivity contribution in [1.29, 1.82) is 0 Å². The first-order chi connectivity index (χ1) is 5.05. The first kappa shape index (κ1) is 8.24. The molecule has 0 aromatic carbocycles. The molecule has 0 bridgehead atoms. The molecule has 1 rings (SSSR count). The monoisotopic (exact) mass is 154 g/mol. The molecule has 0 amide bonds. The lowest BCUT2D eigenvalue weighted by molar-refractivity contribution is -0.783. The van der Waals surface area contributed by atoms with Crippen LogP contribution in [0.2, 0.25) is 0 Å². The van der Waals surface area contributed by atoms with Crippen LogP contribution in [0.3, 0.4) is 0 Å². The number of hydrogen-bond donors (Lipinski definition) is 0. The third kappa shape index (κ3) is 1.59. The molecule has 0 unspecified atom stereocenters. The van der Waals surface area contributed by atoms with Gasteiger partial charge >= 0.3 is 0 Å². The quantitative estimate of drug-likeness (QED) is 0.552. The van der Waals surface area contributed by atoms with Crippen molar-refractivity contribution >= 4 is 0 Å². The molecule has 0 spiro atoms. The first-order valence-corrected chi connectivity index (χ1v) is 4.00. The molecule has 3 nitrogen and oxygen atoms in total. The zero-order chi connectivity index (χ0) is 8.48. The lowest BCUT2D eigenvalue weighted by Gasteiger charge is -2.14. The van der Waals surface area contributed by atoms with Crippen molar-refractivity contribution < 1.29 is 4.68 Å². The Morgan fingerprint density at radius 2 is 2.09 bits per heavy atom. The van der Waals surface area contributed by atoms with Gasteiger partial charge in [-0.2, -0.15) is 4.68 Å². The summed E-state index contributed by atoms with van der Waals surface area (Å²) in [6.45, 7) is 9.52. The Morgan fingerprint density at radius 1 is 1.45 bits per heavy atom. The summed E-state index contributed by atoms with van der Waals surface area (Å²) in [5, 5.41) is 4.24. The number of hydrogen-bond acceptors (Lipinski definition) is 1. The molecule has 62 valence electrons. The molecule has 11 heavy (non-hydrogen) atoms. The molecule has 0 aliphatic rings. The molecule has 0 atom stereocenters. The number of nitrogens with zero attached hydrogens (tertiary/aromatic N) is 3. The number of rotatable bonds is 1. The Balaban J connectivity index is 3.02. The van der Waals surface area contributed by atoms with Gasteiger partial charge in [0.2, 0.25) is 6.20 Å². The van der Waals surface area contributed by atoms with Gasteiger partial charge in [0.25, 0.3) is 0 Å². The average Bonchev–Trinajstić information content (AvgIpc) is 2.31. The molecule has 1 aromatic rings. The van der Waals surface area contributed by atoms with E-state index < -0.39 is 0 Å². The van der Waals surface area contributed by atoms with Gasteiger partial charge in [-0.1, -0.05) is 0 Å². The van der Waals surface area contributed by atoms with E-state index in [2.05, 4.69) is 37.5 Å². The van der Waals surface area contributed by atoms with E-state index in [1.807, 2.05) is 17.2 Å². The van der Waals surface area contributed by atoms with Gasteiger partial charge in [0.15, 0.2) is 6.20 Å². The second-order valence-corrected chi connectivity index (χ2v) is 3.63. The van der Waals surface area contributed by atoms with Crippen LogP contribution in [0.4, 0.5) is 0 Å².